The van der Waals surface area contributed by atoms with E-state index in [1.54, 1.807) is 11.8 Å². The molecule has 0 aliphatic rings. The van der Waals surface area contributed by atoms with Crippen LogP contribution in [0.3, 0.4) is 0 Å². The molecule has 0 aromatic rings. The maximum atomic E-state index is 9.92. The number of carbonyl (C=O) groups is 1. The zero-order valence-corrected chi connectivity index (χ0v) is 8.51. The summed E-state index contributed by atoms with van der Waals surface area (Å²) in [7, 11) is 0. The van der Waals surface area contributed by atoms with Crippen molar-refractivity contribution in [1.82, 2.24) is 0 Å². The van der Waals surface area contributed by atoms with Crippen molar-refractivity contribution in [3.63, 3.8) is 0 Å². The summed E-state index contributed by atoms with van der Waals surface area (Å²) in [5, 5.41) is 0. The molecule has 0 atom stereocenters. The maximum Gasteiger partial charge on any atom is 0.129 e. The highest BCUT2D eigenvalue weighted by atomic mass is 32.2. The van der Waals surface area contributed by atoms with Gasteiger partial charge in [0.15, 0.2) is 0 Å². The van der Waals surface area contributed by atoms with Crippen LogP contribution in [-0.4, -0.2) is 17.8 Å². The highest BCUT2D eigenvalue weighted by Gasteiger charge is 1.81. The Morgan fingerprint density at radius 3 is 2.58 bits per heavy atom. The van der Waals surface area contributed by atoms with Gasteiger partial charge in [0.05, 0.1) is 0 Å². The molecule has 1 nitrogen and oxygen atoms in total. The van der Waals surface area contributed by atoms with Crippen LogP contribution in [0.4, 0.5) is 0 Å². The standard InChI is InChI=1S/C10H16OS/c1-10(2)6-4-3-5-8-12-9-7-11/h3-7,10H,8-9H2,1-2H3/b5-3+,6-4+. The van der Waals surface area contributed by atoms with E-state index in [0.29, 0.717) is 11.7 Å². The van der Waals surface area contributed by atoms with Crippen molar-refractivity contribution >= 4 is 18.0 Å². The molecule has 68 valence electrons. The third-order valence-electron chi connectivity index (χ3n) is 1.14. The van der Waals surface area contributed by atoms with Crippen LogP contribution >= 0.6 is 11.8 Å². The van der Waals surface area contributed by atoms with Gasteiger partial charge in [0, 0.05) is 11.5 Å². The molecule has 0 saturated heterocycles. The van der Waals surface area contributed by atoms with E-state index in [0.717, 1.165) is 12.0 Å². The van der Waals surface area contributed by atoms with Gasteiger partial charge in [-0.05, 0) is 5.92 Å². The maximum absolute atomic E-state index is 9.92. The van der Waals surface area contributed by atoms with Crippen LogP contribution in [0.25, 0.3) is 0 Å². The number of thioether (sulfide) groups is 1. The normalized spacial score (nSPS) is 11.9. The highest BCUT2D eigenvalue weighted by Crippen LogP contribution is 1.98. The monoisotopic (exact) mass is 184 g/mol. The minimum atomic E-state index is 0.595. The van der Waals surface area contributed by atoms with E-state index < -0.39 is 0 Å². The minimum absolute atomic E-state index is 0.595. The van der Waals surface area contributed by atoms with Crippen LogP contribution in [0, 0.1) is 5.92 Å². The van der Waals surface area contributed by atoms with E-state index in [-0.39, 0.29) is 0 Å². The SMILES string of the molecule is CC(C)/C=C/C=C/CSCC=O. The molecule has 0 aliphatic carbocycles. The molecule has 0 spiro atoms. The summed E-state index contributed by atoms with van der Waals surface area (Å²) >= 11 is 1.62. The zero-order chi connectivity index (χ0) is 9.23. The lowest BCUT2D eigenvalue weighted by molar-refractivity contribution is -0.105. The summed E-state index contributed by atoms with van der Waals surface area (Å²) in [6.45, 7) is 4.29. The Morgan fingerprint density at radius 1 is 1.25 bits per heavy atom. The molecule has 12 heavy (non-hydrogen) atoms. The van der Waals surface area contributed by atoms with Gasteiger partial charge in [-0.15, -0.1) is 0 Å². The van der Waals surface area contributed by atoms with Gasteiger partial charge >= 0.3 is 0 Å². The first-order valence-corrected chi connectivity index (χ1v) is 5.27. The molecule has 0 aromatic heterocycles. The van der Waals surface area contributed by atoms with E-state index in [4.69, 9.17) is 0 Å². The van der Waals surface area contributed by atoms with E-state index in [1.807, 2.05) is 12.2 Å². The van der Waals surface area contributed by atoms with Crippen molar-refractivity contribution in [2.45, 2.75) is 13.8 Å². The van der Waals surface area contributed by atoms with Gasteiger partial charge in [-0.1, -0.05) is 38.2 Å². The highest BCUT2D eigenvalue weighted by molar-refractivity contribution is 7.99. The third-order valence-corrected chi connectivity index (χ3v) is 1.94. The summed E-state index contributed by atoms with van der Waals surface area (Å²) < 4.78 is 0. The van der Waals surface area contributed by atoms with E-state index in [9.17, 15) is 4.79 Å². The van der Waals surface area contributed by atoms with Crippen molar-refractivity contribution < 1.29 is 4.79 Å². The number of carbonyl (C=O) groups excluding carboxylic acids is 1. The van der Waals surface area contributed by atoms with Crippen LogP contribution in [0.1, 0.15) is 13.8 Å². The van der Waals surface area contributed by atoms with Crippen LogP contribution in [0.2, 0.25) is 0 Å². The van der Waals surface area contributed by atoms with Gasteiger partial charge in [0.1, 0.15) is 6.29 Å². The number of rotatable bonds is 6. The Hall–Kier alpha value is -0.500. The van der Waals surface area contributed by atoms with Gasteiger partial charge in [0.25, 0.3) is 0 Å². The summed E-state index contributed by atoms with van der Waals surface area (Å²) in [6, 6.07) is 0. The fourth-order valence-electron chi connectivity index (χ4n) is 0.605. The fourth-order valence-corrected chi connectivity index (χ4v) is 1.08. The van der Waals surface area contributed by atoms with Crippen molar-refractivity contribution in [3.8, 4) is 0 Å². The molecule has 0 radical (unpaired) electrons. The molecule has 0 saturated carbocycles. The van der Waals surface area contributed by atoms with E-state index >= 15 is 0 Å². The summed E-state index contributed by atoms with van der Waals surface area (Å²) in [5.41, 5.74) is 0. The topological polar surface area (TPSA) is 17.1 Å². The van der Waals surface area contributed by atoms with E-state index in [1.165, 1.54) is 0 Å². The van der Waals surface area contributed by atoms with Crippen LogP contribution in [-0.2, 0) is 4.79 Å². The van der Waals surface area contributed by atoms with Crippen LogP contribution in [0.5, 0.6) is 0 Å². The van der Waals surface area contributed by atoms with Gasteiger partial charge in [0.2, 0.25) is 0 Å². The smallest absolute Gasteiger partial charge is 0.129 e. The Morgan fingerprint density at radius 2 is 2.00 bits per heavy atom. The largest absolute Gasteiger partial charge is 0.302 e. The zero-order valence-electron chi connectivity index (χ0n) is 7.69. The fraction of sp³-hybridized carbons (Fsp3) is 0.500. The second-order valence-electron chi connectivity index (χ2n) is 2.76. The Balaban J connectivity index is 3.30. The predicted octanol–water partition coefficient (Wildman–Crippen LogP) is 2.69. The lowest BCUT2D eigenvalue weighted by Crippen LogP contribution is -1.79. The van der Waals surface area contributed by atoms with Gasteiger partial charge in [-0.2, -0.15) is 11.8 Å². The first-order chi connectivity index (χ1) is 5.77. The number of allylic oxidation sites excluding steroid dienone is 3. The van der Waals surface area contributed by atoms with Crippen molar-refractivity contribution in [3.05, 3.63) is 24.3 Å². The molecule has 0 amide bonds. The minimum Gasteiger partial charge on any atom is -0.302 e. The number of hydrogen-bond acceptors (Lipinski definition) is 2. The van der Waals surface area contributed by atoms with Gasteiger partial charge in [-0.25, -0.2) is 0 Å². The molecule has 2 heteroatoms. The molecular weight excluding hydrogens is 168 g/mol. The number of aldehydes is 1. The van der Waals surface area contributed by atoms with Crippen molar-refractivity contribution in [2.24, 2.45) is 5.92 Å². The molecule has 0 unspecified atom stereocenters. The van der Waals surface area contributed by atoms with Crippen molar-refractivity contribution in [1.29, 1.82) is 0 Å². The molecule has 0 aromatic carbocycles. The second-order valence-corrected chi connectivity index (χ2v) is 3.84. The summed E-state index contributed by atoms with van der Waals surface area (Å²) in [5.74, 6) is 2.12. The quantitative estimate of drug-likeness (QED) is 0.358. The first-order valence-electron chi connectivity index (χ1n) is 4.12. The Labute approximate surface area is 78.9 Å². The lowest BCUT2D eigenvalue weighted by Gasteiger charge is -1.89. The van der Waals surface area contributed by atoms with Crippen LogP contribution in [0.15, 0.2) is 24.3 Å². The Kier molecular flexibility index (Phi) is 8.24. The van der Waals surface area contributed by atoms with Gasteiger partial charge < -0.3 is 4.79 Å². The molecule has 0 aliphatic heterocycles. The molecule has 0 heterocycles. The average molecular weight is 184 g/mol. The molecule has 0 rings (SSSR count). The molecular formula is C10H16OS. The van der Waals surface area contributed by atoms with Gasteiger partial charge in [-0.3, -0.25) is 0 Å². The summed E-state index contributed by atoms with van der Waals surface area (Å²) in [6.07, 6.45) is 9.21. The number of hydrogen-bond donors (Lipinski definition) is 0. The molecule has 0 N–H and O–H groups in total. The summed E-state index contributed by atoms with van der Waals surface area (Å²) in [4.78, 5) is 9.92. The average Bonchev–Trinajstić information content (AvgIpc) is 2.02. The molecule has 0 bridgehead atoms. The third kappa shape index (κ3) is 9.50. The molecule has 0 fully saturated rings. The second kappa shape index (κ2) is 8.60. The van der Waals surface area contributed by atoms with Crippen molar-refractivity contribution in [2.75, 3.05) is 11.5 Å². The Bertz CT molecular complexity index is 159. The predicted molar refractivity (Wildman–Crippen MR) is 56.5 cm³/mol. The first kappa shape index (κ1) is 11.5. The van der Waals surface area contributed by atoms with E-state index in [2.05, 4.69) is 26.0 Å². The lowest BCUT2D eigenvalue weighted by atomic mass is 10.2. The van der Waals surface area contributed by atoms with Crippen LogP contribution < -0.4 is 0 Å².